The van der Waals surface area contributed by atoms with Gasteiger partial charge in [-0.1, -0.05) is 0 Å². The van der Waals surface area contributed by atoms with E-state index in [4.69, 9.17) is 0 Å². The lowest BCUT2D eigenvalue weighted by atomic mass is 10.3. The van der Waals surface area contributed by atoms with Crippen LogP contribution in [0.5, 0.6) is 0 Å². The summed E-state index contributed by atoms with van der Waals surface area (Å²) in [5, 5.41) is 0.672. The Labute approximate surface area is 54.1 Å². The average molecular weight is 156 g/mol. The summed E-state index contributed by atoms with van der Waals surface area (Å²) in [6.07, 6.45) is 0.520. The Kier molecular flexibility index (Phi) is 1.03. The van der Waals surface area contributed by atoms with Crippen LogP contribution < -0.4 is 9.79 Å². The number of rotatable bonds is 0. The molecule has 0 bridgehead atoms. The van der Waals surface area contributed by atoms with Crippen molar-refractivity contribution in [3.8, 4) is 0 Å². The van der Waals surface area contributed by atoms with E-state index >= 15 is 0 Å². The minimum Gasteiger partial charge on any atom is -0.623 e. The Morgan fingerprint density at radius 3 is 2.56 bits per heavy atom. The van der Waals surface area contributed by atoms with E-state index in [-0.39, 0.29) is 0 Å². The fourth-order valence-corrected chi connectivity index (χ4v) is 3.51. The molecule has 0 fully saturated rings. The summed E-state index contributed by atoms with van der Waals surface area (Å²) in [5.74, 6) is 0. The first-order valence-electron chi connectivity index (χ1n) is 2.46. The van der Waals surface area contributed by atoms with Gasteiger partial charge >= 0.3 is 0 Å². The zero-order valence-electron chi connectivity index (χ0n) is 4.42. The Morgan fingerprint density at radius 1 is 1.33 bits per heavy atom. The first kappa shape index (κ1) is 5.59. The van der Waals surface area contributed by atoms with Crippen LogP contribution in [0.3, 0.4) is 0 Å². The van der Waals surface area contributed by atoms with Gasteiger partial charge in [-0.3, -0.25) is 0 Å². The van der Waals surface area contributed by atoms with Gasteiger partial charge in [-0.05, 0) is 0 Å². The molecule has 0 aromatic heterocycles. The summed E-state index contributed by atoms with van der Waals surface area (Å²) >= 11 is 0. The zero-order chi connectivity index (χ0) is 6.43. The Bertz CT molecular complexity index is 304. The number of fused-ring (bicyclic) bond motifs is 1. The Morgan fingerprint density at radius 2 is 2.11 bits per heavy atom. The molecule has 0 aromatic rings. The second-order valence-electron chi connectivity index (χ2n) is 1.88. The summed E-state index contributed by atoms with van der Waals surface area (Å²) in [6, 6.07) is 0. The second-order valence-corrected chi connectivity index (χ2v) is 4.44. The summed E-state index contributed by atoms with van der Waals surface area (Å²) in [7, 11) is -2.73. The molecule has 0 saturated carbocycles. The van der Waals surface area contributed by atoms with Crippen LogP contribution >= 0.6 is 15.5 Å². The van der Waals surface area contributed by atoms with Crippen LogP contribution in [0, 0.1) is 0 Å². The monoisotopic (exact) mass is 156 g/mol. The van der Waals surface area contributed by atoms with Crippen LogP contribution in [-0.2, 0) is 0 Å². The van der Waals surface area contributed by atoms with Gasteiger partial charge in [-0.25, -0.2) is 0 Å². The van der Waals surface area contributed by atoms with Crippen molar-refractivity contribution in [2.45, 2.75) is 0 Å². The van der Waals surface area contributed by atoms with E-state index in [1.165, 1.54) is 0 Å². The molecule has 2 aliphatic rings. The van der Waals surface area contributed by atoms with Gasteiger partial charge in [0.1, 0.15) is 24.2 Å². The molecule has 0 aromatic carbocycles. The third-order valence-electron chi connectivity index (χ3n) is 1.26. The summed E-state index contributed by atoms with van der Waals surface area (Å²) in [6.45, 7) is 0. The minimum atomic E-state index is -1.40. The molecule has 2 unspecified atom stereocenters. The molecule has 2 heterocycles. The van der Waals surface area contributed by atoms with E-state index in [1.54, 1.807) is 0 Å². The molecule has 0 spiro atoms. The normalized spacial score (nSPS) is 29.1. The van der Waals surface area contributed by atoms with E-state index in [0.29, 0.717) is 11.5 Å². The molecule has 0 aliphatic carbocycles. The zero-order valence-corrected chi connectivity index (χ0v) is 6.21. The van der Waals surface area contributed by atoms with Crippen LogP contribution in [0.4, 0.5) is 0 Å². The van der Waals surface area contributed by atoms with Crippen LogP contribution in [0.15, 0.2) is 10.9 Å². The van der Waals surface area contributed by atoms with Gasteiger partial charge in [0.05, 0.1) is 0 Å². The third-order valence-corrected chi connectivity index (χ3v) is 3.77. The van der Waals surface area contributed by atoms with Gasteiger partial charge in [0.2, 0.25) is 0 Å². The molecule has 2 nitrogen and oxygen atoms in total. The fourth-order valence-electron chi connectivity index (χ4n) is 0.825. The highest BCUT2D eigenvalue weighted by molar-refractivity contribution is 7.61. The second kappa shape index (κ2) is 1.66. The predicted molar refractivity (Wildman–Crippen MR) is 35.7 cm³/mol. The lowest BCUT2D eigenvalue weighted by Gasteiger charge is -1.98. The van der Waals surface area contributed by atoms with Crippen molar-refractivity contribution in [3.63, 3.8) is 0 Å². The largest absolute Gasteiger partial charge is 0.623 e. The number of hydrogen-bond acceptors (Lipinski definition) is 2. The minimum absolute atomic E-state index is 0.520. The maximum Gasteiger partial charge on any atom is 0.256 e. The molecular weight excluding hydrogens is 154 g/mol. The molecule has 44 valence electrons. The standard InChI is InChI=1S/C5H2O2P2/c6-8-1-4-2-9(7)5(4)3-8/h1H2. The van der Waals surface area contributed by atoms with Gasteiger partial charge in [0.25, 0.3) is 5.31 Å². The highest BCUT2D eigenvalue weighted by atomic mass is 31.1. The first-order chi connectivity index (χ1) is 4.27. The average Bonchev–Trinajstić information content (AvgIpc) is 2.08. The molecule has 0 amide bonds. The van der Waals surface area contributed by atoms with E-state index < -0.39 is 15.5 Å². The van der Waals surface area contributed by atoms with Crippen molar-refractivity contribution in [1.82, 2.24) is 0 Å². The van der Waals surface area contributed by atoms with Crippen molar-refractivity contribution in [3.05, 3.63) is 10.9 Å². The summed E-state index contributed by atoms with van der Waals surface area (Å²) in [4.78, 5) is 21.3. The highest BCUT2D eigenvalue weighted by Crippen LogP contribution is 2.42. The predicted octanol–water partition coefficient (Wildman–Crippen LogP) is -0.860. The van der Waals surface area contributed by atoms with Crippen molar-refractivity contribution in [2.75, 3.05) is 6.16 Å². The van der Waals surface area contributed by atoms with Crippen LogP contribution in [-0.4, -0.2) is 17.1 Å². The SMILES string of the molecule is [O-][P+]1=C=C2C(=C=[P+]2[O-])C1. The molecule has 2 aliphatic heterocycles. The van der Waals surface area contributed by atoms with Gasteiger partial charge in [-0.15, -0.1) is 0 Å². The van der Waals surface area contributed by atoms with E-state index in [9.17, 15) is 9.79 Å². The summed E-state index contributed by atoms with van der Waals surface area (Å²) in [5.41, 5.74) is 6.20. The first-order valence-corrected chi connectivity index (χ1v) is 5.16. The van der Waals surface area contributed by atoms with Crippen molar-refractivity contribution in [2.24, 2.45) is 0 Å². The Balaban J connectivity index is 2.60. The van der Waals surface area contributed by atoms with Crippen molar-refractivity contribution in [1.29, 1.82) is 0 Å². The maximum absolute atomic E-state index is 10.7. The van der Waals surface area contributed by atoms with E-state index in [0.717, 1.165) is 5.57 Å². The third kappa shape index (κ3) is 0.674. The Hall–Kier alpha value is -0.180. The lowest BCUT2D eigenvalue weighted by molar-refractivity contribution is -0.152. The smallest absolute Gasteiger partial charge is 0.256 e. The number of hydrogen-bond donors (Lipinski definition) is 0. The van der Waals surface area contributed by atoms with Gasteiger partial charge in [-0.2, -0.15) is 0 Å². The fraction of sp³-hybridized carbons (Fsp3) is 0.200. The van der Waals surface area contributed by atoms with Gasteiger partial charge in [0, 0.05) is 0 Å². The van der Waals surface area contributed by atoms with Crippen molar-refractivity contribution < 1.29 is 9.79 Å². The molecule has 0 N–H and O–H groups in total. The van der Waals surface area contributed by atoms with Crippen LogP contribution in [0.25, 0.3) is 0 Å². The molecule has 0 saturated heterocycles. The van der Waals surface area contributed by atoms with Gasteiger partial charge in [0.15, 0.2) is 13.9 Å². The highest BCUT2D eigenvalue weighted by Gasteiger charge is 2.33. The maximum atomic E-state index is 10.7. The molecule has 0 radical (unpaired) electrons. The molecule has 2 atom stereocenters. The number of allylic oxidation sites excluding steroid dienone is 2. The summed E-state index contributed by atoms with van der Waals surface area (Å²) < 4.78 is 0. The topological polar surface area (TPSA) is 46.1 Å². The van der Waals surface area contributed by atoms with Crippen LogP contribution in [0.2, 0.25) is 0 Å². The molecule has 9 heavy (non-hydrogen) atoms. The molecule has 2 rings (SSSR count). The molecule has 4 heteroatoms. The van der Waals surface area contributed by atoms with Gasteiger partial charge < -0.3 is 9.79 Å². The van der Waals surface area contributed by atoms with E-state index in [2.05, 4.69) is 10.9 Å². The van der Waals surface area contributed by atoms with E-state index in [1.807, 2.05) is 0 Å². The van der Waals surface area contributed by atoms with Crippen LogP contribution in [0.1, 0.15) is 0 Å². The quantitative estimate of drug-likeness (QED) is 0.428. The van der Waals surface area contributed by atoms with Crippen molar-refractivity contribution >= 4 is 26.4 Å². The molecular formula is C5H2O2P2. The lowest BCUT2D eigenvalue weighted by Crippen LogP contribution is -2.03.